The summed E-state index contributed by atoms with van der Waals surface area (Å²) in [5.41, 5.74) is 7.47. The van der Waals surface area contributed by atoms with E-state index >= 15 is 0 Å². The molecule has 0 saturated carbocycles. The monoisotopic (exact) mass is 611 g/mol. The number of aliphatic imine (C=N–C) groups is 1. The molecule has 1 aliphatic heterocycles. The summed E-state index contributed by atoms with van der Waals surface area (Å²) in [5.74, 6) is 2.13. The van der Waals surface area contributed by atoms with Crippen LogP contribution in [-0.4, -0.2) is 63.0 Å². The van der Waals surface area contributed by atoms with Gasteiger partial charge >= 0.3 is 0 Å². The number of nitrogens with one attached hydrogen (secondary N) is 2. The van der Waals surface area contributed by atoms with E-state index in [0.29, 0.717) is 55.6 Å². The van der Waals surface area contributed by atoms with Gasteiger partial charge in [-0.2, -0.15) is 0 Å². The van der Waals surface area contributed by atoms with Crippen molar-refractivity contribution < 1.29 is 28.8 Å². The fourth-order valence-corrected chi connectivity index (χ4v) is 4.71. The Labute approximate surface area is 242 Å². The van der Waals surface area contributed by atoms with E-state index in [9.17, 15) is 4.79 Å². The number of aliphatic hydroxyl groups is 1. The second-order valence-electron chi connectivity index (χ2n) is 9.28. The normalized spacial score (nSPS) is 16.1. The highest BCUT2D eigenvalue weighted by Crippen LogP contribution is 2.30. The third kappa shape index (κ3) is 7.32. The molecule has 40 heavy (non-hydrogen) atoms. The number of hydrazine groups is 1. The Hall–Kier alpha value is -3.60. The highest BCUT2D eigenvalue weighted by Gasteiger charge is 2.45. The number of nitrogens with zero attached hydrogens (tertiary/aromatic N) is 1. The predicted molar refractivity (Wildman–Crippen MR) is 156 cm³/mol. The Morgan fingerprint density at radius 3 is 2.58 bits per heavy atom. The smallest absolute Gasteiger partial charge is 0.266 e. The first kappa shape index (κ1) is 29.4. The first-order chi connectivity index (χ1) is 19.5. The van der Waals surface area contributed by atoms with Crippen LogP contribution >= 0.6 is 15.9 Å². The van der Waals surface area contributed by atoms with Crippen molar-refractivity contribution in [2.75, 3.05) is 40.6 Å². The first-order valence-corrected chi connectivity index (χ1v) is 13.8. The molecule has 0 spiro atoms. The second kappa shape index (κ2) is 14.2. The molecule has 9 nitrogen and oxygen atoms in total. The van der Waals surface area contributed by atoms with Crippen molar-refractivity contribution >= 4 is 27.7 Å². The van der Waals surface area contributed by atoms with Crippen molar-refractivity contribution in [2.24, 2.45) is 4.99 Å². The molecule has 0 unspecified atom stereocenters. The van der Waals surface area contributed by atoms with Gasteiger partial charge < -0.3 is 24.1 Å². The molecular weight excluding hydrogens is 578 g/mol. The maximum absolute atomic E-state index is 13.6. The highest BCUT2D eigenvalue weighted by molar-refractivity contribution is 9.10. The van der Waals surface area contributed by atoms with Crippen LogP contribution in [-0.2, 0) is 22.4 Å². The molecule has 3 aromatic carbocycles. The van der Waals surface area contributed by atoms with Gasteiger partial charge in [-0.1, -0.05) is 40.2 Å². The molecule has 0 saturated heterocycles. The number of hydrogen-bond acceptors (Lipinski definition) is 8. The number of carbonyl (C=O) groups excluding carboxylic acids is 1. The summed E-state index contributed by atoms with van der Waals surface area (Å²) >= 11 is 3.60. The van der Waals surface area contributed by atoms with E-state index in [1.54, 1.807) is 14.2 Å². The van der Waals surface area contributed by atoms with Gasteiger partial charge in [0.2, 0.25) is 5.90 Å². The van der Waals surface area contributed by atoms with Crippen molar-refractivity contribution in [3.63, 3.8) is 0 Å². The van der Waals surface area contributed by atoms with Gasteiger partial charge in [0.05, 0.1) is 20.8 Å². The molecule has 212 valence electrons. The Morgan fingerprint density at radius 2 is 1.85 bits per heavy atom. The molecule has 3 N–H and O–H groups in total. The maximum Gasteiger partial charge on any atom is 0.266 e. The van der Waals surface area contributed by atoms with Gasteiger partial charge in [-0.3, -0.25) is 10.2 Å². The number of amides is 1. The van der Waals surface area contributed by atoms with Crippen LogP contribution in [0.5, 0.6) is 17.2 Å². The van der Waals surface area contributed by atoms with E-state index in [2.05, 4.69) is 26.8 Å². The van der Waals surface area contributed by atoms with Gasteiger partial charge in [-0.05, 0) is 60.0 Å². The van der Waals surface area contributed by atoms with E-state index in [4.69, 9.17) is 29.0 Å². The van der Waals surface area contributed by atoms with Gasteiger partial charge in [0.1, 0.15) is 12.4 Å². The van der Waals surface area contributed by atoms with Crippen LogP contribution in [0, 0.1) is 0 Å². The molecule has 0 aromatic heterocycles. The summed E-state index contributed by atoms with van der Waals surface area (Å²) < 4.78 is 23.2. The quantitative estimate of drug-likeness (QED) is 0.188. The van der Waals surface area contributed by atoms with Gasteiger partial charge in [0.15, 0.2) is 17.0 Å². The standard InChI is InChI=1S/C30H34BrN3O6/c1-37-26-13-8-21(18-27(26)38-2)14-15-32-34-29(36)30(19-23-6-3-4-7-25(23)31)20-40-28(33-30)22-9-11-24(12-10-22)39-17-5-16-35/h3-4,6-13,18,32,35H,5,14-17,19-20H2,1-2H3,(H,34,36)/t30-/m0/s1. The van der Waals surface area contributed by atoms with Crippen LogP contribution in [0.25, 0.3) is 0 Å². The maximum atomic E-state index is 13.6. The number of benzene rings is 3. The van der Waals surface area contributed by atoms with E-state index < -0.39 is 5.54 Å². The van der Waals surface area contributed by atoms with Crippen molar-refractivity contribution in [2.45, 2.75) is 24.8 Å². The minimum absolute atomic E-state index is 0.0789. The van der Waals surface area contributed by atoms with E-state index in [-0.39, 0.29) is 19.1 Å². The molecule has 0 radical (unpaired) electrons. The van der Waals surface area contributed by atoms with Crippen LogP contribution in [0.1, 0.15) is 23.1 Å². The average Bonchev–Trinajstić information content (AvgIpc) is 3.42. The number of rotatable bonds is 14. The third-order valence-electron chi connectivity index (χ3n) is 6.49. The number of carbonyl (C=O) groups is 1. The van der Waals surface area contributed by atoms with Gasteiger partial charge in [-0.15, -0.1) is 0 Å². The lowest BCUT2D eigenvalue weighted by Gasteiger charge is -2.24. The van der Waals surface area contributed by atoms with Crippen LogP contribution in [0.3, 0.4) is 0 Å². The molecule has 1 amide bonds. The van der Waals surface area contributed by atoms with E-state index in [0.717, 1.165) is 21.2 Å². The van der Waals surface area contributed by atoms with Gasteiger partial charge in [0, 0.05) is 36.0 Å². The van der Waals surface area contributed by atoms with Crippen molar-refractivity contribution in [3.8, 4) is 17.2 Å². The number of hydrogen-bond donors (Lipinski definition) is 3. The first-order valence-electron chi connectivity index (χ1n) is 13.0. The van der Waals surface area contributed by atoms with Crippen LogP contribution in [0.15, 0.2) is 76.2 Å². The molecule has 1 aliphatic rings. The lowest BCUT2D eigenvalue weighted by molar-refractivity contribution is -0.127. The molecule has 0 aliphatic carbocycles. The molecule has 10 heteroatoms. The van der Waals surface area contributed by atoms with Crippen LogP contribution in [0.2, 0.25) is 0 Å². The van der Waals surface area contributed by atoms with Gasteiger partial charge in [-0.25, -0.2) is 10.4 Å². The summed E-state index contributed by atoms with van der Waals surface area (Å²) in [4.78, 5) is 18.4. The predicted octanol–water partition coefficient (Wildman–Crippen LogP) is 3.85. The topological polar surface area (TPSA) is 111 Å². The van der Waals surface area contributed by atoms with Crippen LogP contribution < -0.4 is 25.1 Å². The van der Waals surface area contributed by atoms with Crippen molar-refractivity contribution in [1.82, 2.24) is 10.9 Å². The largest absolute Gasteiger partial charge is 0.494 e. The van der Waals surface area contributed by atoms with Crippen molar-refractivity contribution in [1.29, 1.82) is 0 Å². The Bertz CT molecular complexity index is 1320. The van der Waals surface area contributed by atoms with Gasteiger partial charge in [0.25, 0.3) is 5.91 Å². The summed E-state index contributed by atoms with van der Waals surface area (Å²) in [6.45, 7) is 1.11. The van der Waals surface area contributed by atoms with Crippen LogP contribution in [0.4, 0.5) is 0 Å². The van der Waals surface area contributed by atoms with E-state index in [1.165, 1.54) is 0 Å². The summed E-state index contributed by atoms with van der Waals surface area (Å²) in [5, 5.41) is 8.94. The molecule has 0 fully saturated rings. The lowest BCUT2D eigenvalue weighted by Crippen LogP contribution is -2.53. The zero-order chi connectivity index (χ0) is 28.4. The minimum atomic E-state index is -1.16. The number of aliphatic hydroxyl groups excluding tert-OH is 1. The highest BCUT2D eigenvalue weighted by atomic mass is 79.9. The van der Waals surface area contributed by atoms with E-state index in [1.807, 2.05) is 66.7 Å². The molecule has 4 rings (SSSR count). The number of methoxy groups -OCH3 is 2. The molecular formula is C30H34BrN3O6. The Kier molecular flexibility index (Phi) is 10.4. The fraction of sp³-hybridized carbons (Fsp3) is 0.333. The minimum Gasteiger partial charge on any atom is -0.494 e. The van der Waals surface area contributed by atoms with Crippen molar-refractivity contribution in [3.05, 3.63) is 87.9 Å². The number of ether oxygens (including phenoxy) is 4. The Balaban J connectivity index is 1.46. The molecule has 1 atom stereocenters. The molecule has 0 bridgehead atoms. The second-order valence-corrected chi connectivity index (χ2v) is 10.1. The zero-order valence-electron chi connectivity index (χ0n) is 22.6. The summed E-state index contributed by atoms with van der Waals surface area (Å²) in [6, 6.07) is 20.9. The molecule has 1 heterocycles. The molecule has 3 aromatic rings. The summed E-state index contributed by atoms with van der Waals surface area (Å²) in [7, 11) is 3.20. The third-order valence-corrected chi connectivity index (χ3v) is 7.26. The lowest BCUT2D eigenvalue weighted by atomic mass is 9.91. The Morgan fingerprint density at radius 1 is 1.07 bits per heavy atom. The SMILES string of the molecule is COc1ccc(CCNNC(=O)[C@]2(Cc3ccccc3Br)COC(c3ccc(OCCCO)cc3)=N2)cc1OC. The summed E-state index contributed by atoms with van der Waals surface area (Å²) in [6.07, 6.45) is 1.58. The number of halogens is 1. The zero-order valence-corrected chi connectivity index (χ0v) is 24.2. The fourth-order valence-electron chi connectivity index (χ4n) is 4.29. The average molecular weight is 613 g/mol.